The van der Waals surface area contributed by atoms with Crippen molar-refractivity contribution >= 4 is 11.8 Å². The van der Waals surface area contributed by atoms with Crippen molar-refractivity contribution in [3.05, 3.63) is 29.8 Å². The summed E-state index contributed by atoms with van der Waals surface area (Å²) in [6.07, 6.45) is -4.43. The second kappa shape index (κ2) is 6.25. The van der Waals surface area contributed by atoms with Gasteiger partial charge in [0.1, 0.15) is 5.75 Å². The Morgan fingerprint density at radius 1 is 1.18 bits per heavy atom. The molecule has 0 unspecified atom stereocenters. The number of aromatic hydroxyl groups is 1. The molecule has 1 aromatic rings. The molecule has 1 fully saturated rings. The summed E-state index contributed by atoms with van der Waals surface area (Å²) in [7, 11) is 0. The number of hydrogen-bond donors (Lipinski definition) is 2. The van der Waals surface area contributed by atoms with Crippen molar-refractivity contribution in [1.29, 1.82) is 0 Å². The number of halogens is 3. The smallest absolute Gasteiger partial charge is 0.471 e. The Hall–Kier alpha value is -2.25. The summed E-state index contributed by atoms with van der Waals surface area (Å²) in [5, 5.41) is 11.6. The average Bonchev–Trinajstić information content (AvgIpc) is 2.47. The number of alkyl halides is 3. The highest BCUT2D eigenvalue weighted by Crippen LogP contribution is 2.21. The van der Waals surface area contributed by atoms with Gasteiger partial charge in [0.25, 0.3) is 5.91 Å². The van der Waals surface area contributed by atoms with Crippen LogP contribution < -0.4 is 5.32 Å². The lowest BCUT2D eigenvalue weighted by molar-refractivity contribution is -0.174. The van der Waals surface area contributed by atoms with Gasteiger partial charge in [-0.05, 0) is 25.0 Å². The van der Waals surface area contributed by atoms with Crippen molar-refractivity contribution in [1.82, 2.24) is 10.2 Å². The van der Waals surface area contributed by atoms with Crippen LogP contribution >= 0.6 is 0 Å². The second-order valence-electron chi connectivity index (χ2n) is 5.05. The minimum atomic E-state index is -4.90. The number of hydrogen-bond acceptors (Lipinski definition) is 3. The van der Waals surface area contributed by atoms with E-state index in [2.05, 4.69) is 0 Å². The molecule has 1 aliphatic heterocycles. The molecule has 0 spiro atoms. The summed E-state index contributed by atoms with van der Waals surface area (Å²) >= 11 is 0. The van der Waals surface area contributed by atoms with Crippen molar-refractivity contribution < 1.29 is 27.9 Å². The molecule has 22 heavy (non-hydrogen) atoms. The SMILES string of the molecule is O=C(c1ccccc1O)N1CCC(NC(=O)C(F)(F)F)CC1. The highest BCUT2D eigenvalue weighted by molar-refractivity contribution is 5.96. The van der Waals surface area contributed by atoms with Crippen LogP contribution in [0.1, 0.15) is 23.2 Å². The number of phenols is 1. The Labute approximate surface area is 124 Å². The Morgan fingerprint density at radius 3 is 2.32 bits per heavy atom. The van der Waals surface area contributed by atoms with Crippen molar-refractivity contribution in [2.75, 3.05) is 13.1 Å². The number of amides is 2. The van der Waals surface area contributed by atoms with Crippen molar-refractivity contribution in [3.63, 3.8) is 0 Å². The molecule has 0 bridgehead atoms. The molecule has 1 saturated heterocycles. The van der Waals surface area contributed by atoms with E-state index in [0.29, 0.717) is 0 Å². The summed E-state index contributed by atoms with van der Waals surface area (Å²) in [4.78, 5) is 24.5. The molecule has 1 aromatic carbocycles. The van der Waals surface area contributed by atoms with E-state index in [4.69, 9.17) is 0 Å². The number of para-hydroxylation sites is 1. The molecule has 2 amide bonds. The molecule has 2 N–H and O–H groups in total. The summed E-state index contributed by atoms with van der Waals surface area (Å²) in [6, 6.07) is 5.47. The maximum absolute atomic E-state index is 12.2. The third-order valence-electron chi connectivity index (χ3n) is 3.51. The third-order valence-corrected chi connectivity index (χ3v) is 3.51. The van der Waals surface area contributed by atoms with Gasteiger partial charge < -0.3 is 15.3 Å². The van der Waals surface area contributed by atoms with Crippen LogP contribution in [0.5, 0.6) is 5.75 Å². The molecule has 1 heterocycles. The van der Waals surface area contributed by atoms with Gasteiger partial charge in [0, 0.05) is 19.1 Å². The molecule has 5 nitrogen and oxygen atoms in total. The molecular weight excluding hydrogens is 301 g/mol. The standard InChI is InChI=1S/C14H15F3N2O3/c15-14(16,17)13(22)18-9-5-7-19(8-6-9)12(21)10-3-1-2-4-11(10)20/h1-4,9,20H,5-8H2,(H,18,22). The first-order valence-electron chi connectivity index (χ1n) is 6.74. The van der Waals surface area contributed by atoms with Gasteiger partial charge in [-0.2, -0.15) is 13.2 Å². The van der Waals surface area contributed by atoms with E-state index in [-0.39, 0.29) is 43.2 Å². The molecular formula is C14H15F3N2O3. The van der Waals surface area contributed by atoms with Crippen molar-refractivity contribution in [2.45, 2.75) is 25.1 Å². The first kappa shape index (κ1) is 16.1. The van der Waals surface area contributed by atoms with Crippen LogP contribution in [0.4, 0.5) is 13.2 Å². The molecule has 0 radical (unpaired) electrons. The van der Waals surface area contributed by atoms with Gasteiger partial charge in [-0.3, -0.25) is 9.59 Å². The van der Waals surface area contributed by atoms with Crippen LogP contribution in [0.3, 0.4) is 0 Å². The minimum Gasteiger partial charge on any atom is -0.507 e. The van der Waals surface area contributed by atoms with Gasteiger partial charge in [-0.1, -0.05) is 12.1 Å². The summed E-state index contributed by atoms with van der Waals surface area (Å²) < 4.78 is 36.5. The zero-order valence-electron chi connectivity index (χ0n) is 11.6. The van der Waals surface area contributed by atoms with Crippen LogP contribution in [-0.4, -0.2) is 47.1 Å². The second-order valence-corrected chi connectivity index (χ2v) is 5.05. The van der Waals surface area contributed by atoms with Crippen LogP contribution in [0.15, 0.2) is 24.3 Å². The van der Waals surface area contributed by atoms with Crippen LogP contribution in [0.25, 0.3) is 0 Å². The molecule has 2 rings (SSSR count). The predicted octanol–water partition coefficient (Wildman–Crippen LogP) is 1.68. The molecule has 8 heteroatoms. The third kappa shape index (κ3) is 3.69. The number of rotatable bonds is 2. The number of nitrogens with one attached hydrogen (secondary N) is 1. The van der Waals surface area contributed by atoms with Gasteiger partial charge in [0.15, 0.2) is 0 Å². The normalized spacial score (nSPS) is 16.4. The summed E-state index contributed by atoms with van der Waals surface area (Å²) in [5.41, 5.74) is 0.153. The fourth-order valence-corrected chi connectivity index (χ4v) is 2.32. The van der Waals surface area contributed by atoms with Crippen molar-refractivity contribution in [2.24, 2.45) is 0 Å². The van der Waals surface area contributed by atoms with Crippen molar-refractivity contribution in [3.8, 4) is 5.75 Å². The average molecular weight is 316 g/mol. The Bertz CT molecular complexity index is 567. The fraction of sp³-hybridized carbons (Fsp3) is 0.429. The van der Waals surface area contributed by atoms with E-state index in [9.17, 15) is 27.9 Å². The van der Waals surface area contributed by atoms with E-state index >= 15 is 0 Å². The number of benzene rings is 1. The molecule has 1 aliphatic rings. The number of carbonyl (C=O) groups excluding carboxylic acids is 2. The van der Waals surface area contributed by atoms with Crippen LogP contribution in [0.2, 0.25) is 0 Å². The maximum Gasteiger partial charge on any atom is 0.471 e. The fourth-order valence-electron chi connectivity index (χ4n) is 2.32. The molecule has 0 saturated carbocycles. The first-order valence-corrected chi connectivity index (χ1v) is 6.74. The van der Waals surface area contributed by atoms with E-state index in [1.54, 1.807) is 12.1 Å². The van der Waals surface area contributed by atoms with Gasteiger partial charge in [0.2, 0.25) is 0 Å². The first-order chi connectivity index (χ1) is 10.3. The number of phenolic OH excluding ortho intramolecular Hbond substituents is 1. The lowest BCUT2D eigenvalue weighted by Gasteiger charge is -2.32. The molecule has 0 atom stereocenters. The van der Waals surface area contributed by atoms with E-state index in [1.165, 1.54) is 17.0 Å². The van der Waals surface area contributed by atoms with Gasteiger partial charge in [0.05, 0.1) is 5.56 Å². The summed E-state index contributed by atoms with van der Waals surface area (Å²) in [6.45, 7) is 0.436. The maximum atomic E-state index is 12.2. The quantitative estimate of drug-likeness (QED) is 0.872. The monoisotopic (exact) mass is 316 g/mol. The minimum absolute atomic E-state index is 0.139. The summed E-state index contributed by atoms with van der Waals surface area (Å²) in [5.74, 6) is -2.48. The van der Waals surface area contributed by atoms with Gasteiger partial charge in [-0.15, -0.1) is 0 Å². The molecule has 0 aliphatic carbocycles. The van der Waals surface area contributed by atoms with E-state index in [0.717, 1.165) is 0 Å². The Balaban J connectivity index is 1.91. The Kier molecular flexibility index (Phi) is 4.58. The highest BCUT2D eigenvalue weighted by atomic mass is 19.4. The number of carbonyl (C=O) groups is 2. The number of nitrogens with zero attached hydrogens (tertiary/aromatic N) is 1. The predicted molar refractivity (Wildman–Crippen MR) is 71.2 cm³/mol. The Morgan fingerprint density at radius 2 is 1.77 bits per heavy atom. The van der Waals surface area contributed by atoms with Crippen LogP contribution in [0, 0.1) is 0 Å². The lowest BCUT2D eigenvalue weighted by atomic mass is 10.0. The molecule has 120 valence electrons. The number of likely N-dealkylation sites (tertiary alicyclic amines) is 1. The lowest BCUT2D eigenvalue weighted by Crippen LogP contribution is -2.49. The topological polar surface area (TPSA) is 69.6 Å². The zero-order valence-corrected chi connectivity index (χ0v) is 11.6. The largest absolute Gasteiger partial charge is 0.507 e. The molecule has 0 aromatic heterocycles. The number of piperidine rings is 1. The highest BCUT2D eigenvalue weighted by Gasteiger charge is 2.40. The van der Waals surface area contributed by atoms with Gasteiger partial charge in [-0.25, -0.2) is 0 Å². The zero-order chi connectivity index (χ0) is 16.3. The van der Waals surface area contributed by atoms with Gasteiger partial charge >= 0.3 is 12.1 Å². The van der Waals surface area contributed by atoms with E-state index < -0.39 is 18.1 Å². The van der Waals surface area contributed by atoms with Crippen LogP contribution in [-0.2, 0) is 4.79 Å². The van der Waals surface area contributed by atoms with E-state index in [1.807, 2.05) is 5.32 Å².